The fourth-order valence-corrected chi connectivity index (χ4v) is 3.20. The number of hydrogen-bond acceptors (Lipinski definition) is 4. The maximum Gasteiger partial charge on any atom is 0.310 e. The number of carboxylic acid groups (broad SMARTS) is 1. The van der Waals surface area contributed by atoms with Gasteiger partial charge in [-0.05, 0) is 25.2 Å². The first-order valence-electron chi connectivity index (χ1n) is 7.09. The lowest BCUT2D eigenvalue weighted by atomic mass is 9.64. The molecule has 110 valence electrons. The van der Waals surface area contributed by atoms with Crippen LogP contribution in [0.15, 0.2) is 0 Å². The van der Waals surface area contributed by atoms with Crippen molar-refractivity contribution in [1.29, 1.82) is 0 Å². The molecule has 0 saturated heterocycles. The van der Waals surface area contributed by atoms with Crippen molar-refractivity contribution < 1.29 is 24.3 Å². The summed E-state index contributed by atoms with van der Waals surface area (Å²) in [5.74, 6) is -3.67. The molecule has 0 aliphatic heterocycles. The Hall–Kier alpha value is -1.52. The molecule has 1 N–H and O–H groups in total. The summed E-state index contributed by atoms with van der Waals surface area (Å²) >= 11 is 0. The maximum absolute atomic E-state index is 12.2. The van der Waals surface area contributed by atoms with Gasteiger partial charge in [0, 0.05) is 18.8 Å². The Morgan fingerprint density at radius 1 is 1.20 bits per heavy atom. The smallest absolute Gasteiger partial charge is 0.310 e. The molecule has 2 fully saturated rings. The second-order valence-electron chi connectivity index (χ2n) is 6.58. The summed E-state index contributed by atoms with van der Waals surface area (Å²) in [6, 6.07) is 0. The van der Waals surface area contributed by atoms with E-state index in [-0.39, 0.29) is 36.9 Å². The molecule has 0 spiro atoms. The summed E-state index contributed by atoms with van der Waals surface area (Å²) in [6.45, 7) is 3.72. The molecule has 0 aromatic heterocycles. The van der Waals surface area contributed by atoms with E-state index in [1.54, 1.807) is 0 Å². The molecular weight excluding hydrogens is 260 g/mol. The number of carboxylic acids is 1. The standard InChI is InChI=1S/C15H20O5/c1-8(2)5-15(14(19)20)6-10(16)12(11(17)7-15)13(18)9-3-4-9/h8-9,12H,3-7H2,1-2H3,(H,19,20). The van der Waals surface area contributed by atoms with Crippen molar-refractivity contribution in [3.05, 3.63) is 0 Å². The molecular formula is C15H20O5. The summed E-state index contributed by atoms with van der Waals surface area (Å²) in [4.78, 5) is 47.9. The quantitative estimate of drug-likeness (QED) is 0.773. The van der Waals surface area contributed by atoms with Crippen LogP contribution in [0.4, 0.5) is 0 Å². The highest BCUT2D eigenvalue weighted by Gasteiger charge is 2.53. The van der Waals surface area contributed by atoms with Crippen molar-refractivity contribution in [2.45, 2.75) is 46.0 Å². The third-order valence-corrected chi connectivity index (χ3v) is 4.19. The van der Waals surface area contributed by atoms with Gasteiger partial charge in [0.25, 0.3) is 0 Å². The molecule has 2 saturated carbocycles. The van der Waals surface area contributed by atoms with Gasteiger partial charge < -0.3 is 5.11 Å². The van der Waals surface area contributed by atoms with E-state index >= 15 is 0 Å². The van der Waals surface area contributed by atoms with Crippen molar-refractivity contribution in [2.24, 2.45) is 23.2 Å². The summed E-state index contributed by atoms with van der Waals surface area (Å²) < 4.78 is 0. The summed E-state index contributed by atoms with van der Waals surface area (Å²) in [5, 5.41) is 9.43. The molecule has 5 heteroatoms. The molecule has 0 unspecified atom stereocenters. The van der Waals surface area contributed by atoms with Gasteiger partial charge in [0.2, 0.25) is 0 Å². The summed E-state index contributed by atoms with van der Waals surface area (Å²) in [7, 11) is 0. The van der Waals surface area contributed by atoms with Gasteiger partial charge in [0.15, 0.2) is 17.3 Å². The van der Waals surface area contributed by atoms with Crippen molar-refractivity contribution in [2.75, 3.05) is 0 Å². The number of carbonyl (C=O) groups is 4. The molecule has 5 nitrogen and oxygen atoms in total. The number of ketones is 3. The lowest BCUT2D eigenvalue weighted by Gasteiger charge is -2.35. The molecule has 0 amide bonds. The molecule has 2 aliphatic rings. The van der Waals surface area contributed by atoms with E-state index in [0.717, 1.165) is 12.8 Å². The second kappa shape index (κ2) is 5.11. The lowest BCUT2D eigenvalue weighted by molar-refractivity contribution is -0.161. The van der Waals surface area contributed by atoms with Gasteiger partial charge in [0.1, 0.15) is 5.92 Å². The Morgan fingerprint density at radius 2 is 1.70 bits per heavy atom. The normalized spacial score (nSPS) is 30.6. The predicted molar refractivity (Wildman–Crippen MR) is 70.0 cm³/mol. The molecule has 0 bridgehead atoms. The van der Waals surface area contributed by atoms with Crippen LogP contribution in [0, 0.1) is 23.2 Å². The van der Waals surface area contributed by atoms with Crippen LogP contribution in [-0.4, -0.2) is 28.4 Å². The first kappa shape index (κ1) is 14.9. The van der Waals surface area contributed by atoms with Crippen LogP contribution in [0.5, 0.6) is 0 Å². The van der Waals surface area contributed by atoms with Crippen LogP contribution in [0.2, 0.25) is 0 Å². The molecule has 2 rings (SSSR count). The summed E-state index contributed by atoms with van der Waals surface area (Å²) in [6.07, 6.45) is 1.37. The largest absolute Gasteiger partial charge is 0.481 e. The number of carbonyl (C=O) groups excluding carboxylic acids is 3. The monoisotopic (exact) mass is 280 g/mol. The average molecular weight is 280 g/mol. The van der Waals surface area contributed by atoms with Gasteiger partial charge in [-0.25, -0.2) is 0 Å². The minimum atomic E-state index is -1.32. The van der Waals surface area contributed by atoms with Crippen LogP contribution < -0.4 is 0 Å². The van der Waals surface area contributed by atoms with Crippen molar-refractivity contribution in [3.8, 4) is 0 Å². The third-order valence-electron chi connectivity index (χ3n) is 4.19. The number of aliphatic carboxylic acids is 1. The molecule has 0 aromatic carbocycles. The van der Waals surface area contributed by atoms with Gasteiger partial charge in [-0.2, -0.15) is 0 Å². The average Bonchev–Trinajstić information content (AvgIpc) is 3.09. The minimum Gasteiger partial charge on any atom is -0.481 e. The van der Waals surface area contributed by atoms with Crippen molar-refractivity contribution in [3.63, 3.8) is 0 Å². The van der Waals surface area contributed by atoms with E-state index in [0.29, 0.717) is 0 Å². The van der Waals surface area contributed by atoms with E-state index in [2.05, 4.69) is 0 Å². The number of hydrogen-bond donors (Lipinski definition) is 1. The predicted octanol–water partition coefficient (Wildman–Crippen LogP) is 1.63. The number of rotatable bonds is 5. The van der Waals surface area contributed by atoms with E-state index in [9.17, 15) is 24.3 Å². The summed E-state index contributed by atoms with van der Waals surface area (Å²) in [5.41, 5.74) is -1.32. The zero-order valence-corrected chi connectivity index (χ0v) is 11.8. The van der Waals surface area contributed by atoms with Gasteiger partial charge in [-0.3, -0.25) is 19.2 Å². The van der Waals surface area contributed by atoms with E-state index in [4.69, 9.17) is 0 Å². The molecule has 2 aliphatic carbocycles. The van der Waals surface area contributed by atoms with Gasteiger partial charge in [0.05, 0.1) is 5.41 Å². The Balaban J connectivity index is 2.22. The highest BCUT2D eigenvalue weighted by molar-refractivity contribution is 6.23. The zero-order chi connectivity index (χ0) is 15.1. The van der Waals surface area contributed by atoms with Crippen LogP contribution in [-0.2, 0) is 19.2 Å². The fourth-order valence-electron chi connectivity index (χ4n) is 3.20. The van der Waals surface area contributed by atoms with Crippen molar-refractivity contribution in [1.82, 2.24) is 0 Å². The third kappa shape index (κ3) is 2.67. The Kier molecular flexibility index (Phi) is 3.80. The maximum atomic E-state index is 12.2. The van der Waals surface area contributed by atoms with E-state index < -0.39 is 28.9 Å². The van der Waals surface area contributed by atoms with Crippen LogP contribution in [0.3, 0.4) is 0 Å². The van der Waals surface area contributed by atoms with Gasteiger partial charge >= 0.3 is 5.97 Å². The molecule has 0 radical (unpaired) electrons. The number of Topliss-reactive ketones (excluding diaryl/α,β-unsaturated/α-hetero) is 3. The first-order chi connectivity index (χ1) is 9.27. The zero-order valence-electron chi connectivity index (χ0n) is 11.8. The van der Waals surface area contributed by atoms with Gasteiger partial charge in [-0.1, -0.05) is 13.8 Å². The Bertz CT molecular complexity index is 455. The lowest BCUT2D eigenvalue weighted by Crippen LogP contribution is -2.48. The second-order valence-corrected chi connectivity index (χ2v) is 6.58. The van der Waals surface area contributed by atoms with Crippen LogP contribution in [0.25, 0.3) is 0 Å². The van der Waals surface area contributed by atoms with Gasteiger partial charge in [-0.15, -0.1) is 0 Å². The van der Waals surface area contributed by atoms with Crippen molar-refractivity contribution >= 4 is 23.3 Å². The van der Waals surface area contributed by atoms with Crippen LogP contribution in [0.1, 0.15) is 46.0 Å². The Labute approximate surface area is 117 Å². The minimum absolute atomic E-state index is 0.0717. The molecule has 0 heterocycles. The molecule has 20 heavy (non-hydrogen) atoms. The Morgan fingerprint density at radius 3 is 2.05 bits per heavy atom. The topological polar surface area (TPSA) is 88.5 Å². The molecule has 0 atom stereocenters. The fraction of sp³-hybridized carbons (Fsp3) is 0.733. The van der Waals surface area contributed by atoms with Crippen LogP contribution >= 0.6 is 0 Å². The van der Waals surface area contributed by atoms with E-state index in [1.807, 2.05) is 13.8 Å². The van der Waals surface area contributed by atoms with E-state index in [1.165, 1.54) is 0 Å². The molecule has 0 aromatic rings. The first-order valence-corrected chi connectivity index (χ1v) is 7.09. The SMILES string of the molecule is CC(C)CC1(C(=O)O)CC(=O)C(C(=O)C2CC2)C(=O)C1. The highest BCUT2D eigenvalue weighted by Crippen LogP contribution is 2.43. The highest BCUT2D eigenvalue weighted by atomic mass is 16.4.